The van der Waals surface area contributed by atoms with Gasteiger partial charge < -0.3 is 33.0 Å². The zero-order chi connectivity index (χ0) is 42.3. The van der Waals surface area contributed by atoms with Gasteiger partial charge in [-0.1, -0.05) is 138 Å². The zero-order valence-electron chi connectivity index (χ0n) is 36.4. The number of hydrogen-bond acceptors (Lipinski definition) is 9. The molecule has 10 nitrogen and oxygen atoms in total. The average Bonchev–Trinajstić information content (AvgIpc) is 3.15. The van der Waals surface area contributed by atoms with E-state index in [1.165, 1.54) is 38.5 Å². The molecule has 11 heteroatoms. The van der Waals surface area contributed by atoms with Crippen molar-refractivity contribution in [2.24, 2.45) is 0 Å². The molecule has 0 aliphatic carbocycles. The fourth-order valence-electron chi connectivity index (χ4n) is 5.35. The van der Waals surface area contributed by atoms with Crippen LogP contribution in [0.25, 0.3) is 0 Å². The molecule has 1 N–H and O–H groups in total. The normalized spacial score (nSPS) is 14.9. The Labute approximate surface area is 347 Å². The van der Waals surface area contributed by atoms with Gasteiger partial charge >= 0.3 is 11.9 Å². The highest BCUT2D eigenvalue weighted by molar-refractivity contribution is 7.45. The summed E-state index contributed by atoms with van der Waals surface area (Å²) < 4.78 is 33.8. The molecule has 0 radical (unpaired) electrons. The lowest BCUT2D eigenvalue weighted by Crippen LogP contribution is -2.37. The van der Waals surface area contributed by atoms with Gasteiger partial charge in [0, 0.05) is 12.8 Å². The van der Waals surface area contributed by atoms with E-state index in [-0.39, 0.29) is 26.1 Å². The molecule has 0 aliphatic rings. The molecule has 0 spiro atoms. The van der Waals surface area contributed by atoms with Crippen molar-refractivity contribution in [2.75, 3.05) is 47.5 Å². The topological polar surface area (TPSA) is 131 Å². The van der Waals surface area contributed by atoms with Crippen molar-refractivity contribution in [1.82, 2.24) is 0 Å². The first kappa shape index (κ1) is 54.4. The Morgan fingerprint density at radius 2 is 1.25 bits per heavy atom. The molecule has 0 bridgehead atoms. The minimum atomic E-state index is -4.66. The number of quaternary nitrogens is 1. The number of allylic oxidation sites excluding steroid dienone is 10. The van der Waals surface area contributed by atoms with E-state index >= 15 is 0 Å². The van der Waals surface area contributed by atoms with Gasteiger partial charge in [-0.3, -0.25) is 14.2 Å². The molecule has 0 rings (SSSR count). The second-order valence-electron chi connectivity index (χ2n) is 15.5. The lowest BCUT2D eigenvalue weighted by atomic mass is 10.1. The van der Waals surface area contributed by atoms with E-state index in [9.17, 15) is 24.2 Å². The third-order valence-electron chi connectivity index (χ3n) is 8.79. The molecule has 0 aromatic carbocycles. The summed E-state index contributed by atoms with van der Waals surface area (Å²) in [5, 5.41) is 9.88. The maximum atomic E-state index is 12.7. The van der Waals surface area contributed by atoms with Crippen LogP contribution in [0.5, 0.6) is 0 Å². The van der Waals surface area contributed by atoms with Crippen LogP contribution in [0.15, 0.2) is 72.9 Å². The standard InChI is InChI=1S/C46H80NO9P/c1-6-8-10-11-12-13-14-15-16-17-18-19-20-23-26-29-33-37-45(49)53-41-44(42-55-57(51,52)54-40-39-47(3,4)5)56-46(50)38-34-30-27-24-21-22-25-28-32-36-43(48)35-31-9-7-2/h9,15-16,18-19,23,25-26,28,31-32,36,43-44,48H,6-8,10-14,17,20-22,24,27,29-30,33-35,37-42H2,1-5H3/b16-15-,19-18-,26-23-,28-25+,31-9+,36-32+/t43?,44-/m1/s1. The van der Waals surface area contributed by atoms with Crippen LogP contribution in [0.2, 0.25) is 0 Å². The predicted molar refractivity (Wildman–Crippen MR) is 232 cm³/mol. The lowest BCUT2D eigenvalue weighted by molar-refractivity contribution is -0.870. The molecule has 0 saturated carbocycles. The van der Waals surface area contributed by atoms with Gasteiger partial charge in [-0.15, -0.1) is 0 Å². The number of carbonyl (C=O) groups is 2. The molecular formula is C46H80NO9P. The van der Waals surface area contributed by atoms with Gasteiger partial charge in [0.1, 0.15) is 19.8 Å². The third kappa shape index (κ3) is 41.4. The van der Waals surface area contributed by atoms with Gasteiger partial charge in [0.15, 0.2) is 6.10 Å². The summed E-state index contributed by atoms with van der Waals surface area (Å²) in [7, 11) is 1.08. The molecule has 2 unspecified atom stereocenters. The van der Waals surface area contributed by atoms with Gasteiger partial charge in [0.2, 0.25) is 0 Å². The minimum absolute atomic E-state index is 0.0557. The second kappa shape index (κ2) is 37.7. The highest BCUT2D eigenvalue weighted by atomic mass is 31.2. The highest BCUT2D eigenvalue weighted by Crippen LogP contribution is 2.38. The number of phosphoric ester groups is 1. The third-order valence-corrected chi connectivity index (χ3v) is 9.75. The molecule has 328 valence electrons. The summed E-state index contributed by atoms with van der Waals surface area (Å²) in [6.07, 6.45) is 42.7. The quantitative estimate of drug-likeness (QED) is 0.0161. The Bertz CT molecular complexity index is 1220. The van der Waals surface area contributed by atoms with Crippen LogP contribution in [0.4, 0.5) is 0 Å². The molecular weight excluding hydrogens is 741 g/mol. The number of esters is 2. The van der Waals surface area contributed by atoms with Gasteiger partial charge in [0.05, 0.1) is 33.9 Å². The molecule has 0 aromatic heterocycles. The van der Waals surface area contributed by atoms with E-state index in [4.69, 9.17) is 18.5 Å². The van der Waals surface area contributed by atoms with Crippen LogP contribution in [-0.2, 0) is 32.7 Å². The fraction of sp³-hybridized carbons (Fsp3) is 0.696. The van der Waals surface area contributed by atoms with Gasteiger partial charge in [0.25, 0.3) is 7.82 Å². The number of aliphatic hydroxyl groups excluding tert-OH is 1. The van der Waals surface area contributed by atoms with E-state index < -0.39 is 38.6 Å². The number of rotatable bonds is 38. The Morgan fingerprint density at radius 1 is 0.667 bits per heavy atom. The Hall–Kier alpha value is -2.59. The van der Waals surface area contributed by atoms with Crippen molar-refractivity contribution < 1.29 is 47.2 Å². The van der Waals surface area contributed by atoms with E-state index in [1.807, 2.05) is 51.5 Å². The number of hydrogen-bond donors (Lipinski definition) is 1. The number of likely N-dealkylation sites (N-methyl/N-ethyl adjacent to an activating group) is 1. The number of phosphoric acid groups is 1. The average molecular weight is 822 g/mol. The van der Waals surface area contributed by atoms with E-state index in [2.05, 4.69) is 50.3 Å². The van der Waals surface area contributed by atoms with E-state index in [1.54, 1.807) is 6.08 Å². The van der Waals surface area contributed by atoms with Crippen molar-refractivity contribution in [1.29, 1.82) is 0 Å². The zero-order valence-corrected chi connectivity index (χ0v) is 37.3. The van der Waals surface area contributed by atoms with Gasteiger partial charge in [-0.2, -0.15) is 0 Å². The Kier molecular flexibility index (Phi) is 36.0. The SMILES string of the molecule is CC/C=C/CC(O)/C=C/C=C/CCCCCCCC(=O)O[C@H](COC(=O)CCC/C=C\C/C=C\C/C=C\CCCCCCCC)COP(=O)([O-])OCC[N+](C)(C)C. The molecule has 0 aliphatic heterocycles. The number of nitrogens with zero attached hydrogens (tertiary/aromatic N) is 1. The summed E-state index contributed by atoms with van der Waals surface area (Å²) in [6, 6.07) is 0. The van der Waals surface area contributed by atoms with Crippen LogP contribution in [0.3, 0.4) is 0 Å². The molecule has 57 heavy (non-hydrogen) atoms. The summed E-state index contributed by atoms with van der Waals surface area (Å²) in [6.45, 7) is 3.88. The first-order valence-corrected chi connectivity index (χ1v) is 23.2. The molecule has 3 atom stereocenters. The predicted octanol–water partition coefficient (Wildman–Crippen LogP) is 10.6. The number of carbonyl (C=O) groups excluding carboxylic acids is 2. The Balaban J connectivity index is 4.53. The molecule has 0 fully saturated rings. The maximum Gasteiger partial charge on any atom is 0.306 e. The number of ether oxygens (including phenoxy) is 2. The summed E-state index contributed by atoms with van der Waals surface area (Å²) >= 11 is 0. The molecule has 0 amide bonds. The highest BCUT2D eigenvalue weighted by Gasteiger charge is 2.21. The maximum absolute atomic E-state index is 12.7. The second-order valence-corrected chi connectivity index (χ2v) is 16.9. The molecule has 0 saturated heterocycles. The molecule has 0 heterocycles. The summed E-state index contributed by atoms with van der Waals surface area (Å²) in [5.41, 5.74) is 0. The largest absolute Gasteiger partial charge is 0.756 e. The fourth-order valence-corrected chi connectivity index (χ4v) is 6.08. The monoisotopic (exact) mass is 822 g/mol. The van der Waals surface area contributed by atoms with Crippen molar-refractivity contribution >= 4 is 19.8 Å². The first-order valence-electron chi connectivity index (χ1n) is 21.8. The van der Waals surface area contributed by atoms with Crippen molar-refractivity contribution in [3.8, 4) is 0 Å². The number of unbranched alkanes of at least 4 members (excludes halogenated alkanes) is 12. The summed E-state index contributed by atoms with van der Waals surface area (Å²) in [4.78, 5) is 37.5. The summed E-state index contributed by atoms with van der Waals surface area (Å²) in [5.74, 6) is -0.957. The minimum Gasteiger partial charge on any atom is -0.756 e. The first-order chi connectivity index (χ1) is 27.4. The Morgan fingerprint density at radius 3 is 1.89 bits per heavy atom. The van der Waals surface area contributed by atoms with Crippen LogP contribution in [0.1, 0.15) is 149 Å². The van der Waals surface area contributed by atoms with Crippen molar-refractivity contribution in [2.45, 2.75) is 161 Å². The van der Waals surface area contributed by atoms with Crippen LogP contribution in [-0.4, -0.2) is 81.2 Å². The van der Waals surface area contributed by atoms with Crippen LogP contribution >= 0.6 is 7.82 Å². The van der Waals surface area contributed by atoms with Crippen LogP contribution in [0, 0.1) is 0 Å². The van der Waals surface area contributed by atoms with E-state index in [0.29, 0.717) is 30.3 Å². The van der Waals surface area contributed by atoms with Gasteiger partial charge in [-0.05, 0) is 70.6 Å². The smallest absolute Gasteiger partial charge is 0.306 e. The molecule has 0 aromatic rings. The number of aliphatic hydroxyl groups is 1. The van der Waals surface area contributed by atoms with Crippen LogP contribution < -0.4 is 4.89 Å². The van der Waals surface area contributed by atoms with Crippen molar-refractivity contribution in [3.05, 3.63) is 72.9 Å². The lowest BCUT2D eigenvalue weighted by Gasteiger charge is -2.28. The van der Waals surface area contributed by atoms with E-state index in [0.717, 1.165) is 64.2 Å². The van der Waals surface area contributed by atoms with Gasteiger partial charge in [-0.25, -0.2) is 0 Å². The van der Waals surface area contributed by atoms with Crippen molar-refractivity contribution in [3.63, 3.8) is 0 Å².